The van der Waals surface area contributed by atoms with E-state index in [4.69, 9.17) is 0 Å². The first-order valence-electron chi connectivity index (χ1n) is 7.35. The summed E-state index contributed by atoms with van der Waals surface area (Å²) in [5, 5.41) is 2.75. The predicted molar refractivity (Wildman–Crippen MR) is 90.5 cm³/mol. The molecule has 1 N–H and O–H groups in total. The van der Waals surface area contributed by atoms with Crippen LogP contribution in [-0.4, -0.2) is 16.2 Å². The van der Waals surface area contributed by atoms with Crippen LogP contribution in [0.4, 0.5) is 14.5 Å². The minimum Gasteiger partial charge on any atom is -0.346 e. The molecule has 2 rings (SSSR count). The molecule has 124 valence electrons. The first-order valence-corrected chi connectivity index (χ1v) is 8.22. The molecule has 0 spiro atoms. The topological polar surface area (TPSA) is 34.0 Å². The van der Waals surface area contributed by atoms with E-state index in [1.165, 1.54) is 0 Å². The third-order valence-electron chi connectivity index (χ3n) is 3.60. The summed E-state index contributed by atoms with van der Waals surface area (Å²) in [5.74, 6) is -2.81. The van der Waals surface area contributed by atoms with Gasteiger partial charge in [0.1, 0.15) is 0 Å². The minimum atomic E-state index is -2.53. The number of amides is 1. The molecular formula is C17H20F2N2OS. The second kappa shape index (κ2) is 7.17. The number of hydrogen-bond donors (Lipinski definition) is 1. The summed E-state index contributed by atoms with van der Waals surface area (Å²) in [6.45, 7) is 7.94. The number of anilines is 1. The van der Waals surface area contributed by atoms with Gasteiger partial charge in [-0.3, -0.25) is 4.79 Å². The van der Waals surface area contributed by atoms with Gasteiger partial charge in [-0.1, -0.05) is 23.9 Å². The van der Waals surface area contributed by atoms with Gasteiger partial charge in [0.2, 0.25) is 0 Å². The zero-order valence-electron chi connectivity index (χ0n) is 13.6. The van der Waals surface area contributed by atoms with E-state index in [0.717, 1.165) is 11.4 Å². The Morgan fingerprint density at radius 1 is 1.22 bits per heavy atom. The average molecular weight is 338 g/mol. The molecule has 0 aliphatic rings. The van der Waals surface area contributed by atoms with Crippen LogP contribution in [0.25, 0.3) is 0 Å². The van der Waals surface area contributed by atoms with Crippen molar-refractivity contribution in [2.45, 2.75) is 44.4 Å². The van der Waals surface area contributed by atoms with Crippen LogP contribution in [0.1, 0.15) is 41.6 Å². The highest BCUT2D eigenvalue weighted by Gasteiger charge is 2.18. The highest BCUT2D eigenvalue weighted by atomic mass is 32.2. The zero-order chi connectivity index (χ0) is 17.1. The number of nitrogens with one attached hydrogen (secondary N) is 1. The first-order chi connectivity index (χ1) is 10.8. The van der Waals surface area contributed by atoms with Gasteiger partial charge in [-0.2, -0.15) is 8.78 Å². The molecule has 1 aromatic heterocycles. The second-order valence-electron chi connectivity index (χ2n) is 5.58. The molecule has 23 heavy (non-hydrogen) atoms. The summed E-state index contributed by atoms with van der Waals surface area (Å²) in [7, 11) is 0. The number of aryl methyl sites for hydroxylation is 1. The Hall–Kier alpha value is -1.82. The van der Waals surface area contributed by atoms with Crippen molar-refractivity contribution in [2.75, 3.05) is 5.32 Å². The Morgan fingerprint density at radius 3 is 2.43 bits per heavy atom. The van der Waals surface area contributed by atoms with Crippen molar-refractivity contribution < 1.29 is 13.6 Å². The molecular weight excluding hydrogens is 318 g/mol. The summed E-state index contributed by atoms with van der Waals surface area (Å²) < 4.78 is 27.3. The summed E-state index contributed by atoms with van der Waals surface area (Å²) in [4.78, 5) is 12.9. The van der Waals surface area contributed by atoms with Crippen molar-refractivity contribution in [1.82, 2.24) is 4.57 Å². The van der Waals surface area contributed by atoms with Crippen LogP contribution >= 0.6 is 11.8 Å². The number of thioether (sulfide) groups is 1. The molecule has 0 saturated carbocycles. The van der Waals surface area contributed by atoms with Gasteiger partial charge in [0, 0.05) is 22.3 Å². The lowest BCUT2D eigenvalue weighted by Crippen LogP contribution is -2.14. The molecule has 1 amide bonds. The molecule has 0 aliphatic carbocycles. The smallest absolute Gasteiger partial charge is 0.288 e. The largest absolute Gasteiger partial charge is 0.346 e. The van der Waals surface area contributed by atoms with Crippen molar-refractivity contribution in [3.05, 3.63) is 47.3 Å². The standard InChI is InChI=1S/C17H20F2N2OS/c1-10(2)21-11(3)9-13(12(21)4)16(22)20-14-7-5-6-8-15(14)23-17(18)19/h5-10,17H,1-4H3,(H,20,22). The number of carbonyl (C=O) groups is 1. The lowest BCUT2D eigenvalue weighted by Gasteiger charge is -2.14. The van der Waals surface area contributed by atoms with E-state index >= 15 is 0 Å². The van der Waals surface area contributed by atoms with Crippen molar-refractivity contribution in [3.63, 3.8) is 0 Å². The molecule has 0 bridgehead atoms. The molecule has 0 saturated heterocycles. The lowest BCUT2D eigenvalue weighted by atomic mass is 10.2. The van der Waals surface area contributed by atoms with Crippen LogP contribution < -0.4 is 5.32 Å². The molecule has 3 nitrogen and oxygen atoms in total. The summed E-state index contributed by atoms with van der Waals surface area (Å²) in [6.07, 6.45) is 0. The lowest BCUT2D eigenvalue weighted by molar-refractivity contribution is 0.102. The number of hydrogen-bond acceptors (Lipinski definition) is 2. The number of carbonyl (C=O) groups excluding carboxylic acids is 1. The molecule has 0 unspecified atom stereocenters. The normalized spacial score (nSPS) is 11.3. The Labute approximate surface area is 139 Å². The third-order valence-corrected chi connectivity index (χ3v) is 4.38. The van der Waals surface area contributed by atoms with Crippen molar-refractivity contribution in [2.24, 2.45) is 0 Å². The number of rotatable bonds is 5. The van der Waals surface area contributed by atoms with E-state index in [1.54, 1.807) is 24.3 Å². The van der Waals surface area contributed by atoms with Crippen molar-refractivity contribution >= 4 is 23.4 Å². The van der Waals surface area contributed by atoms with Crippen LogP contribution in [0.15, 0.2) is 35.2 Å². The predicted octanol–water partition coefficient (Wildman–Crippen LogP) is 5.25. The van der Waals surface area contributed by atoms with Gasteiger partial charge in [0.15, 0.2) is 0 Å². The molecule has 1 heterocycles. The van der Waals surface area contributed by atoms with E-state index in [2.05, 4.69) is 23.7 Å². The van der Waals surface area contributed by atoms with E-state index in [9.17, 15) is 13.6 Å². The van der Waals surface area contributed by atoms with E-state index in [1.807, 2.05) is 19.9 Å². The number of aromatic nitrogens is 1. The molecule has 0 aliphatic heterocycles. The monoisotopic (exact) mass is 338 g/mol. The maximum absolute atomic E-state index is 12.6. The van der Waals surface area contributed by atoms with E-state index < -0.39 is 5.76 Å². The van der Waals surface area contributed by atoms with Crippen LogP contribution in [0.2, 0.25) is 0 Å². The summed E-state index contributed by atoms with van der Waals surface area (Å²) in [6, 6.07) is 8.66. The zero-order valence-corrected chi connectivity index (χ0v) is 14.4. The van der Waals surface area contributed by atoms with Crippen LogP contribution in [0, 0.1) is 13.8 Å². The average Bonchev–Trinajstić information content (AvgIpc) is 2.75. The SMILES string of the molecule is Cc1cc(C(=O)Nc2ccccc2SC(F)F)c(C)n1C(C)C. The van der Waals surface area contributed by atoms with Crippen LogP contribution in [-0.2, 0) is 0 Å². The Kier molecular flexibility index (Phi) is 5.46. The molecule has 0 fully saturated rings. The van der Waals surface area contributed by atoms with Crippen LogP contribution in [0.5, 0.6) is 0 Å². The molecule has 6 heteroatoms. The number of alkyl halides is 2. The van der Waals surface area contributed by atoms with Crippen molar-refractivity contribution in [1.29, 1.82) is 0 Å². The van der Waals surface area contributed by atoms with Crippen molar-refractivity contribution in [3.8, 4) is 0 Å². The van der Waals surface area contributed by atoms with Gasteiger partial charge in [-0.05, 0) is 45.9 Å². The highest BCUT2D eigenvalue weighted by Crippen LogP contribution is 2.32. The molecule has 2 aromatic rings. The van der Waals surface area contributed by atoms with Gasteiger partial charge in [-0.25, -0.2) is 0 Å². The Bertz CT molecular complexity index is 711. The molecule has 0 radical (unpaired) electrons. The maximum Gasteiger partial charge on any atom is 0.288 e. The number of halogens is 2. The fraction of sp³-hybridized carbons (Fsp3) is 0.353. The third kappa shape index (κ3) is 3.93. The first kappa shape index (κ1) is 17.5. The Balaban J connectivity index is 2.29. The molecule has 0 atom stereocenters. The fourth-order valence-corrected chi connectivity index (χ4v) is 3.36. The van der Waals surface area contributed by atoms with Gasteiger partial charge in [0.05, 0.1) is 11.3 Å². The fourth-order valence-electron chi connectivity index (χ4n) is 2.76. The number of benzene rings is 1. The number of nitrogens with zero attached hydrogens (tertiary/aromatic N) is 1. The minimum absolute atomic E-state index is 0.248. The van der Waals surface area contributed by atoms with E-state index in [-0.39, 0.29) is 11.9 Å². The van der Waals surface area contributed by atoms with Gasteiger partial charge in [0.25, 0.3) is 11.7 Å². The summed E-state index contributed by atoms with van der Waals surface area (Å²) in [5.41, 5.74) is 2.83. The second-order valence-corrected chi connectivity index (χ2v) is 6.61. The Morgan fingerprint density at radius 2 is 1.87 bits per heavy atom. The van der Waals surface area contributed by atoms with E-state index in [0.29, 0.717) is 27.9 Å². The number of para-hydroxylation sites is 1. The summed E-state index contributed by atoms with van der Waals surface area (Å²) >= 11 is 0.426. The maximum atomic E-state index is 12.6. The van der Waals surface area contributed by atoms with Gasteiger partial charge >= 0.3 is 0 Å². The van der Waals surface area contributed by atoms with Crippen LogP contribution in [0.3, 0.4) is 0 Å². The molecule has 1 aromatic carbocycles. The highest BCUT2D eigenvalue weighted by molar-refractivity contribution is 7.99. The van der Waals surface area contributed by atoms with Gasteiger partial charge in [-0.15, -0.1) is 0 Å². The quantitative estimate of drug-likeness (QED) is 0.755. The van der Waals surface area contributed by atoms with Gasteiger partial charge < -0.3 is 9.88 Å².